The van der Waals surface area contributed by atoms with E-state index < -0.39 is 0 Å². The maximum absolute atomic E-state index is 13.2. The summed E-state index contributed by atoms with van der Waals surface area (Å²) in [6.07, 6.45) is 7.64. The van der Waals surface area contributed by atoms with Crippen LogP contribution in [0.15, 0.2) is 67.3 Å². The molecule has 4 rings (SSSR count). The monoisotopic (exact) mass is 402 g/mol. The summed E-state index contributed by atoms with van der Waals surface area (Å²) >= 11 is 0. The Morgan fingerprint density at radius 1 is 1.17 bits per heavy atom. The fourth-order valence-electron chi connectivity index (χ4n) is 3.41. The van der Waals surface area contributed by atoms with Crippen molar-refractivity contribution < 1.29 is 9.59 Å². The zero-order valence-corrected chi connectivity index (χ0v) is 17.1. The van der Waals surface area contributed by atoms with Gasteiger partial charge in [0.2, 0.25) is 5.91 Å². The molecule has 154 valence electrons. The third-order valence-corrected chi connectivity index (χ3v) is 5.27. The largest absolute Gasteiger partial charge is 0.337 e. The van der Waals surface area contributed by atoms with Crippen molar-refractivity contribution in [1.29, 1.82) is 0 Å². The lowest BCUT2D eigenvalue weighted by atomic mass is 10.1. The lowest BCUT2D eigenvalue weighted by Gasteiger charge is -2.23. The van der Waals surface area contributed by atoms with Crippen molar-refractivity contribution in [3.63, 3.8) is 0 Å². The molecule has 1 aliphatic rings. The molecule has 1 saturated carbocycles. The summed E-state index contributed by atoms with van der Waals surface area (Å²) in [6.45, 7) is 3.23. The molecule has 2 amide bonds. The van der Waals surface area contributed by atoms with Gasteiger partial charge < -0.3 is 14.8 Å². The molecule has 1 N–H and O–H groups in total. The molecule has 0 spiro atoms. The second kappa shape index (κ2) is 8.95. The zero-order valence-electron chi connectivity index (χ0n) is 17.1. The fraction of sp³-hybridized carbons (Fsp3) is 0.292. The highest BCUT2D eigenvalue weighted by atomic mass is 16.2. The molecule has 1 fully saturated rings. The number of hydrogen-bond acceptors (Lipinski definition) is 3. The highest BCUT2D eigenvalue weighted by Crippen LogP contribution is 2.30. The van der Waals surface area contributed by atoms with Gasteiger partial charge in [-0.15, -0.1) is 0 Å². The average Bonchev–Trinajstić information content (AvgIpc) is 3.46. The van der Waals surface area contributed by atoms with Crippen LogP contribution in [0.1, 0.15) is 40.7 Å². The molecule has 30 heavy (non-hydrogen) atoms. The van der Waals surface area contributed by atoms with Crippen LogP contribution in [-0.4, -0.2) is 32.3 Å². The van der Waals surface area contributed by atoms with E-state index >= 15 is 0 Å². The van der Waals surface area contributed by atoms with E-state index in [1.54, 1.807) is 18.6 Å². The van der Waals surface area contributed by atoms with E-state index in [4.69, 9.17) is 0 Å². The van der Waals surface area contributed by atoms with Gasteiger partial charge in [-0.2, -0.15) is 0 Å². The lowest BCUT2D eigenvalue weighted by Crippen LogP contribution is -2.32. The first kappa shape index (κ1) is 19.9. The third-order valence-electron chi connectivity index (χ3n) is 5.27. The molecule has 0 bridgehead atoms. The predicted octanol–water partition coefficient (Wildman–Crippen LogP) is 4.03. The smallest absolute Gasteiger partial charge is 0.254 e. The number of imidazole rings is 1. The predicted molar refractivity (Wildman–Crippen MR) is 116 cm³/mol. The van der Waals surface area contributed by atoms with Crippen molar-refractivity contribution >= 4 is 17.5 Å². The van der Waals surface area contributed by atoms with Crippen molar-refractivity contribution in [2.75, 3.05) is 5.32 Å². The Morgan fingerprint density at radius 3 is 2.67 bits per heavy atom. The maximum atomic E-state index is 13.2. The standard InChI is InChI=1S/C24H26N4O2/c1-18-5-7-19(8-6-18)16-28(22-9-10-22)24(30)20-3-2-4-21(15-20)26-23(29)11-13-27-14-12-25-17-27/h2-8,12,14-15,17,22H,9-11,13,16H2,1H3,(H,26,29). The second-order valence-electron chi connectivity index (χ2n) is 7.83. The molecule has 3 aromatic rings. The van der Waals surface area contributed by atoms with Crippen LogP contribution in [0.5, 0.6) is 0 Å². The van der Waals surface area contributed by atoms with Crippen molar-refractivity contribution in [2.24, 2.45) is 0 Å². The highest BCUT2D eigenvalue weighted by molar-refractivity contribution is 5.97. The molecule has 1 aliphatic carbocycles. The van der Waals surface area contributed by atoms with Gasteiger partial charge in [-0.05, 0) is 43.5 Å². The van der Waals surface area contributed by atoms with Gasteiger partial charge in [-0.1, -0.05) is 35.9 Å². The van der Waals surface area contributed by atoms with Gasteiger partial charge in [0, 0.05) is 49.2 Å². The van der Waals surface area contributed by atoms with Crippen LogP contribution in [0.3, 0.4) is 0 Å². The van der Waals surface area contributed by atoms with E-state index in [-0.39, 0.29) is 11.8 Å². The molecule has 0 unspecified atom stereocenters. The first-order valence-electron chi connectivity index (χ1n) is 10.3. The number of aromatic nitrogens is 2. The molecular weight excluding hydrogens is 376 g/mol. The molecule has 6 heteroatoms. The Balaban J connectivity index is 1.41. The molecule has 6 nitrogen and oxygen atoms in total. The quantitative estimate of drug-likeness (QED) is 0.619. The minimum Gasteiger partial charge on any atom is -0.337 e. The summed E-state index contributed by atoms with van der Waals surface area (Å²) in [7, 11) is 0. The zero-order chi connectivity index (χ0) is 20.9. The summed E-state index contributed by atoms with van der Waals surface area (Å²) in [4.78, 5) is 31.4. The molecule has 0 aliphatic heterocycles. The molecular formula is C24H26N4O2. The molecule has 1 heterocycles. The highest BCUT2D eigenvalue weighted by Gasteiger charge is 2.33. The van der Waals surface area contributed by atoms with Crippen LogP contribution < -0.4 is 5.32 Å². The first-order valence-corrected chi connectivity index (χ1v) is 10.3. The number of anilines is 1. The number of carbonyl (C=O) groups excluding carboxylic acids is 2. The Morgan fingerprint density at radius 2 is 1.97 bits per heavy atom. The van der Waals surface area contributed by atoms with Crippen LogP contribution in [0.4, 0.5) is 5.69 Å². The van der Waals surface area contributed by atoms with Gasteiger partial charge in [-0.3, -0.25) is 9.59 Å². The van der Waals surface area contributed by atoms with E-state index in [2.05, 4.69) is 41.5 Å². The number of aryl methyl sites for hydroxylation is 2. The van der Waals surface area contributed by atoms with Gasteiger partial charge in [0.05, 0.1) is 6.33 Å². The Labute approximate surface area is 176 Å². The van der Waals surface area contributed by atoms with Gasteiger partial charge >= 0.3 is 0 Å². The van der Waals surface area contributed by atoms with E-state index in [1.165, 1.54) is 5.56 Å². The number of benzene rings is 2. The van der Waals surface area contributed by atoms with Crippen LogP contribution in [0.2, 0.25) is 0 Å². The summed E-state index contributed by atoms with van der Waals surface area (Å²) in [5.74, 6) is -0.0837. The number of hydrogen-bond donors (Lipinski definition) is 1. The number of nitrogens with one attached hydrogen (secondary N) is 1. The summed E-state index contributed by atoms with van der Waals surface area (Å²) in [6, 6.07) is 15.8. The van der Waals surface area contributed by atoms with Gasteiger partial charge in [0.25, 0.3) is 5.91 Å². The summed E-state index contributed by atoms with van der Waals surface area (Å²) < 4.78 is 1.86. The summed E-state index contributed by atoms with van der Waals surface area (Å²) in [5, 5.41) is 2.90. The molecule has 0 radical (unpaired) electrons. The minimum absolute atomic E-state index is 0.00703. The topological polar surface area (TPSA) is 67.2 Å². The van der Waals surface area contributed by atoms with Crippen molar-refractivity contribution in [3.05, 3.63) is 83.9 Å². The van der Waals surface area contributed by atoms with E-state index in [0.717, 1.165) is 18.4 Å². The van der Waals surface area contributed by atoms with Crippen LogP contribution in [-0.2, 0) is 17.9 Å². The van der Waals surface area contributed by atoms with Crippen LogP contribution >= 0.6 is 0 Å². The van der Waals surface area contributed by atoms with Crippen LogP contribution in [0.25, 0.3) is 0 Å². The average molecular weight is 402 g/mol. The first-order chi connectivity index (χ1) is 14.6. The lowest BCUT2D eigenvalue weighted by molar-refractivity contribution is -0.116. The molecule has 0 atom stereocenters. The van der Waals surface area contributed by atoms with Crippen LogP contribution in [0, 0.1) is 6.92 Å². The van der Waals surface area contributed by atoms with E-state index in [9.17, 15) is 9.59 Å². The Kier molecular flexibility index (Phi) is 5.93. The Hall–Kier alpha value is -3.41. The fourth-order valence-corrected chi connectivity index (χ4v) is 3.41. The summed E-state index contributed by atoms with van der Waals surface area (Å²) in [5.41, 5.74) is 3.58. The van der Waals surface area contributed by atoms with E-state index in [1.807, 2.05) is 33.9 Å². The number of nitrogens with zero attached hydrogens (tertiary/aromatic N) is 3. The second-order valence-corrected chi connectivity index (χ2v) is 7.83. The van der Waals surface area contributed by atoms with Crippen molar-refractivity contribution in [3.8, 4) is 0 Å². The van der Waals surface area contributed by atoms with E-state index in [0.29, 0.717) is 36.8 Å². The number of carbonyl (C=O) groups is 2. The Bertz CT molecular complexity index is 1010. The molecule has 0 saturated heterocycles. The van der Waals surface area contributed by atoms with Crippen molar-refractivity contribution in [2.45, 2.75) is 45.3 Å². The minimum atomic E-state index is -0.0907. The molecule has 2 aromatic carbocycles. The number of amides is 2. The van der Waals surface area contributed by atoms with Gasteiger partial charge in [-0.25, -0.2) is 4.98 Å². The molecule has 1 aromatic heterocycles. The normalized spacial score (nSPS) is 13.1. The number of rotatable bonds is 8. The maximum Gasteiger partial charge on any atom is 0.254 e. The van der Waals surface area contributed by atoms with Gasteiger partial charge in [0.1, 0.15) is 0 Å². The van der Waals surface area contributed by atoms with Crippen molar-refractivity contribution in [1.82, 2.24) is 14.5 Å². The SMILES string of the molecule is Cc1ccc(CN(C(=O)c2cccc(NC(=O)CCn3ccnc3)c2)C2CC2)cc1. The third kappa shape index (κ3) is 5.14. The van der Waals surface area contributed by atoms with Gasteiger partial charge in [0.15, 0.2) is 0 Å².